The molecule has 1 fully saturated rings. The van der Waals surface area contributed by atoms with Crippen molar-refractivity contribution in [2.24, 2.45) is 0 Å². The molecule has 2 aliphatic heterocycles. The van der Waals surface area contributed by atoms with Crippen molar-refractivity contribution >= 4 is 11.6 Å². The second-order valence-corrected chi connectivity index (χ2v) is 6.16. The van der Waals surface area contributed by atoms with Crippen molar-refractivity contribution < 1.29 is 14.2 Å². The van der Waals surface area contributed by atoms with E-state index in [2.05, 4.69) is 19.1 Å². The smallest absolute Gasteiger partial charge is 0.125 e. The summed E-state index contributed by atoms with van der Waals surface area (Å²) in [5.41, 5.74) is 2.30. The molecule has 0 radical (unpaired) electrons. The van der Waals surface area contributed by atoms with Gasteiger partial charge >= 0.3 is 0 Å². The van der Waals surface area contributed by atoms with Crippen LogP contribution in [0.15, 0.2) is 12.1 Å². The molecular formula is C16H21ClO3. The Morgan fingerprint density at radius 3 is 3.00 bits per heavy atom. The van der Waals surface area contributed by atoms with E-state index in [4.69, 9.17) is 25.8 Å². The molecule has 1 saturated heterocycles. The third kappa shape index (κ3) is 2.75. The van der Waals surface area contributed by atoms with E-state index in [0.717, 1.165) is 36.3 Å². The molecule has 2 heterocycles. The lowest BCUT2D eigenvalue weighted by atomic mass is 9.97. The van der Waals surface area contributed by atoms with Crippen LogP contribution in [0.3, 0.4) is 0 Å². The topological polar surface area (TPSA) is 27.7 Å². The van der Waals surface area contributed by atoms with Crippen molar-refractivity contribution in [1.82, 2.24) is 0 Å². The van der Waals surface area contributed by atoms with E-state index in [1.165, 1.54) is 5.56 Å². The van der Waals surface area contributed by atoms with Gasteiger partial charge in [-0.2, -0.15) is 0 Å². The first-order chi connectivity index (χ1) is 9.67. The summed E-state index contributed by atoms with van der Waals surface area (Å²) in [6, 6.07) is 4.20. The minimum absolute atomic E-state index is 0.0117. The van der Waals surface area contributed by atoms with Crippen LogP contribution in [0.25, 0.3) is 0 Å². The van der Waals surface area contributed by atoms with Gasteiger partial charge in [-0.05, 0) is 38.8 Å². The van der Waals surface area contributed by atoms with Gasteiger partial charge in [-0.1, -0.05) is 0 Å². The maximum Gasteiger partial charge on any atom is 0.125 e. The lowest BCUT2D eigenvalue weighted by molar-refractivity contribution is 0.0151. The summed E-state index contributed by atoms with van der Waals surface area (Å²) in [6.45, 7) is 5.45. The Bertz CT molecular complexity index is 489. The van der Waals surface area contributed by atoms with Crippen LogP contribution in [0.1, 0.15) is 43.9 Å². The van der Waals surface area contributed by atoms with Gasteiger partial charge < -0.3 is 14.2 Å². The van der Waals surface area contributed by atoms with Crippen LogP contribution in [-0.2, 0) is 11.2 Å². The Morgan fingerprint density at radius 2 is 2.25 bits per heavy atom. The monoisotopic (exact) mass is 296 g/mol. The van der Waals surface area contributed by atoms with Crippen LogP contribution in [0.4, 0.5) is 0 Å². The summed E-state index contributed by atoms with van der Waals surface area (Å²) in [4.78, 5) is 0. The number of fused-ring (bicyclic) bond motifs is 1. The fourth-order valence-electron chi connectivity index (χ4n) is 2.96. The van der Waals surface area contributed by atoms with Gasteiger partial charge in [-0.3, -0.25) is 0 Å². The molecule has 0 N–H and O–H groups in total. The summed E-state index contributed by atoms with van der Waals surface area (Å²) in [6.07, 6.45) is 2.94. The zero-order valence-corrected chi connectivity index (χ0v) is 12.8. The van der Waals surface area contributed by atoms with E-state index < -0.39 is 0 Å². The molecular weight excluding hydrogens is 276 g/mol. The third-order valence-corrected chi connectivity index (χ3v) is 4.29. The molecule has 3 atom stereocenters. The Labute approximate surface area is 125 Å². The van der Waals surface area contributed by atoms with Gasteiger partial charge in [0.25, 0.3) is 0 Å². The summed E-state index contributed by atoms with van der Waals surface area (Å²) in [5, 5.41) is 0.177. The maximum absolute atomic E-state index is 6.28. The first-order valence-corrected chi connectivity index (χ1v) is 7.83. The van der Waals surface area contributed by atoms with Crippen LogP contribution >= 0.6 is 11.6 Å². The van der Waals surface area contributed by atoms with Gasteiger partial charge in [0.1, 0.15) is 17.6 Å². The average Bonchev–Trinajstić information content (AvgIpc) is 2.77. The highest BCUT2D eigenvalue weighted by molar-refractivity contribution is 6.20. The fraction of sp³-hybridized carbons (Fsp3) is 0.625. The molecule has 1 aromatic carbocycles. The van der Waals surface area contributed by atoms with Gasteiger partial charge in [0, 0.05) is 29.5 Å². The molecule has 0 aliphatic carbocycles. The van der Waals surface area contributed by atoms with Gasteiger partial charge in [-0.15, -0.1) is 11.6 Å². The molecule has 110 valence electrons. The largest absolute Gasteiger partial charge is 0.493 e. The number of halogens is 1. The number of benzene rings is 1. The predicted octanol–water partition coefficient (Wildman–Crippen LogP) is 3.87. The van der Waals surface area contributed by atoms with E-state index in [1.54, 1.807) is 0 Å². The lowest BCUT2D eigenvalue weighted by Gasteiger charge is -2.28. The van der Waals surface area contributed by atoms with Gasteiger partial charge in [0.2, 0.25) is 0 Å². The Kier molecular flexibility index (Phi) is 4.08. The Hall–Kier alpha value is -0.930. The number of rotatable bonds is 3. The van der Waals surface area contributed by atoms with Crippen LogP contribution in [-0.4, -0.2) is 24.7 Å². The highest BCUT2D eigenvalue weighted by atomic mass is 35.5. The average molecular weight is 297 g/mol. The Balaban J connectivity index is 1.93. The number of hydrogen-bond donors (Lipinski definition) is 0. The van der Waals surface area contributed by atoms with Crippen molar-refractivity contribution in [2.75, 3.05) is 13.2 Å². The fourth-order valence-corrected chi connectivity index (χ4v) is 3.21. The molecule has 1 aromatic rings. The van der Waals surface area contributed by atoms with E-state index in [9.17, 15) is 0 Å². The van der Waals surface area contributed by atoms with Crippen LogP contribution in [0.5, 0.6) is 11.5 Å². The number of hydrogen-bond acceptors (Lipinski definition) is 3. The second-order valence-electron chi connectivity index (χ2n) is 5.54. The van der Waals surface area contributed by atoms with Gasteiger partial charge in [0.15, 0.2) is 0 Å². The zero-order chi connectivity index (χ0) is 14.1. The van der Waals surface area contributed by atoms with Crippen LogP contribution in [0, 0.1) is 0 Å². The van der Waals surface area contributed by atoms with Gasteiger partial charge in [-0.25, -0.2) is 0 Å². The highest BCUT2D eigenvalue weighted by Crippen LogP contribution is 2.41. The molecule has 3 rings (SSSR count). The second kappa shape index (κ2) is 5.82. The van der Waals surface area contributed by atoms with Crippen molar-refractivity contribution in [3.8, 4) is 11.5 Å². The van der Waals surface area contributed by atoms with E-state index in [0.29, 0.717) is 13.2 Å². The van der Waals surface area contributed by atoms with Crippen molar-refractivity contribution in [2.45, 2.75) is 50.7 Å². The molecule has 0 saturated carbocycles. The van der Waals surface area contributed by atoms with E-state index in [1.807, 2.05) is 6.92 Å². The molecule has 0 aromatic heterocycles. The van der Waals surface area contributed by atoms with Crippen molar-refractivity contribution in [3.05, 3.63) is 23.3 Å². The first kappa shape index (κ1) is 14.0. The molecule has 3 unspecified atom stereocenters. The van der Waals surface area contributed by atoms with Gasteiger partial charge in [0.05, 0.1) is 12.7 Å². The standard InChI is InChI=1S/C16H21ClO3/c1-3-18-15-7-11-6-10(2)20-14(11)9-13(15)16-8-12(17)4-5-19-16/h7,9-10,12,16H,3-6,8H2,1-2H3. The molecule has 2 aliphatic rings. The summed E-state index contributed by atoms with van der Waals surface area (Å²) >= 11 is 6.28. The Morgan fingerprint density at radius 1 is 1.40 bits per heavy atom. The minimum Gasteiger partial charge on any atom is -0.493 e. The van der Waals surface area contributed by atoms with E-state index in [-0.39, 0.29) is 17.6 Å². The molecule has 20 heavy (non-hydrogen) atoms. The highest BCUT2D eigenvalue weighted by Gasteiger charge is 2.28. The summed E-state index contributed by atoms with van der Waals surface area (Å²) in [5.74, 6) is 1.89. The SMILES string of the molecule is CCOc1cc2c(cc1C1CC(Cl)CCO1)OC(C)C2. The first-order valence-electron chi connectivity index (χ1n) is 7.39. The maximum atomic E-state index is 6.28. The number of ether oxygens (including phenoxy) is 3. The van der Waals surface area contributed by atoms with Crippen molar-refractivity contribution in [3.63, 3.8) is 0 Å². The summed E-state index contributed by atoms with van der Waals surface area (Å²) < 4.78 is 17.5. The number of alkyl halides is 1. The molecule has 0 bridgehead atoms. The van der Waals surface area contributed by atoms with Crippen LogP contribution < -0.4 is 9.47 Å². The van der Waals surface area contributed by atoms with Crippen LogP contribution in [0.2, 0.25) is 0 Å². The molecule has 0 amide bonds. The molecule has 4 heteroatoms. The predicted molar refractivity (Wildman–Crippen MR) is 79.0 cm³/mol. The summed E-state index contributed by atoms with van der Waals surface area (Å²) in [7, 11) is 0. The quantitative estimate of drug-likeness (QED) is 0.793. The van der Waals surface area contributed by atoms with E-state index >= 15 is 0 Å². The zero-order valence-electron chi connectivity index (χ0n) is 12.0. The lowest BCUT2D eigenvalue weighted by Crippen LogP contribution is -2.20. The third-order valence-electron chi connectivity index (χ3n) is 3.90. The van der Waals surface area contributed by atoms with Crippen molar-refractivity contribution in [1.29, 1.82) is 0 Å². The minimum atomic E-state index is 0.0117. The normalized spacial score (nSPS) is 28.9. The molecule has 3 nitrogen and oxygen atoms in total. The molecule has 0 spiro atoms.